The summed E-state index contributed by atoms with van der Waals surface area (Å²) in [6, 6.07) is -2.12. The molecule has 23 heavy (non-hydrogen) atoms. The summed E-state index contributed by atoms with van der Waals surface area (Å²) in [5.41, 5.74) is 3.93. The van der Waals surface area contributed by atoms with E-state index in [4.69, 9.17) is 10.5 Å². The molecule has 1 aliphatic heterocycles. The van der Waals surface area contributed by atoms with E-state index < -0.39 is 47.7 Å². The number of hydrogen-bond acceptors (Lipinski definition) is 6. The Labute approximate surface area is 126 Å². The van der Waals surface area contributed by atoms with E-state index in [2.05, 4.69) is 0 Å². The van der Waals surface area contributed by atoms with Crippen LogP contribution in [0.2, 0.25) is 0 Å². The first kappa shape index (κ1) is 17.4. The van der Waals surface area contributed by atoms with Gasteiger partial charge in [-0.15, -0.1) is 0 Å². The molecule has 4 atom stereocenters. The van der Waals surface area contributed by atoms with Crippen LogP contribution in [0.15, 0.2) is 15.8 Å². The predicted molar refractivity (Wildman–Crippen MR) is 69.6 cm³/mol. The Morgan fingerprint density at radius 3 is 2.70 bits per heavy atom. The summed E-state index contributed by atoms with van der Waals surface area (Å²) < 4.78 is 43.3. The lowest BCUT2D eigenvalue weighted by molar-refractivity contribution is -0.177. The number of halogens is 3. The average molecular weight is 337 g/mol. The third-order valence-electron chi connectivity index (χ3n) is 3.53. The third-order valence-corrected chi connectivity index (χ3v) is 3.53. The molecule has 2 rings (SSSR count). The highest BCUT2D eigenvalue weighted by Crippen LogP contribution is 2.31. The number of nitrogens with zero attached hydrogens (tertiary/aromatic N) is 1. The maximum Gasteiger partial charge on any atom is 0.451 e. The number of aromatic nitrogens is 2. The highest BCUT2D eigenvalue weighted by molar-refractivity contribution is 5.89. The van der Waals surface area contributed by atoms with E-state index in [1.807, 2.05) is 4.98 Å². The topological polar surface area (TPSA) is 127 Å². The van der Waals surface area contributed by atoms with Gasteiger partial charge in [-0.25, -0.2) is 4.79 Å². The van der Waals surface area contributed by atoms with Gasteiger partial charge in [0.25, 0.3) is 11.3 Å². The lowest BCUT2D eigenvalue weighted by Gasteiger charge is -2.22. The summed E-state index contributed by atoms with van der Waals surface area (Å²) >= 11 is 0. The van der Waals surface area contributed by atoms with Crippen molar-refractivity contribution in [1.29, 1.82) is 0 Å². The molecule has 0 bridgehead atoms. The molecule has 1 saturated heterocycles. The van der Waals surface area contributed by atoms with Crippen LogP contribution in [0.25, 0.3) is 0 Å². The van der Waals surface area contributed by atoms with E-state index in [1.54, 1.807) is 0 Å². The highest BCUT2D eigenvalue weighted by Gasteiger charge is 2.49. The van der Waals surface area contributed by atoms with Crippen LogP contribution in [0, 0.1) is 6.92 Å². The van der Waals surface area contributed by atoms with E-state index in [0.29, 0.717) is 0 Å². The van der Waals surface area contributed by atoms with Crippen LogP contribution in [-0.2, 0) is 9.53 Å². The van der Waals surface area contributed by atoms with Crippen molar-refractivity contribution in [2.75, 3.05) is 0 Å². The van der Waals surface area contributed by atoms with E-state index >= 15 is 0 Å². The van der Waals surface area contributed by atoms with Crippen LogP contribution in [0.4, 0.5) is 13.2 Å². The van der Waals surface area contributed by atoms with Gasteiger partial charge in [-0.1, -0.05) is 0 Å². The minimum Gasteiger partial charge on any atom is -0.390 e. The number of hydrogen-bond donors (Lipinski definition) is 3. The first-order chi connectivity index (χ1) is 10.5. The Morgan fingerprint density at radius 2 is 2.13 bits per heavy atom. The predicted octanol–water partition coefficient (Wildman–Crippen LogP) is -1.05. The summed E-state index contributed by atoms with van der Waals surface area (Å²) in [6.07, 6.45) is -8.50. The fraction of sp³-hybridized carbons (Fsp3) is 0.583. The summed E-state index contributed by atoms with van der Waals surface area (Å²) in [5, 5.41) is 9.81. The Bertz CT molecular complexity index is 726. The first-order valence-electron chi connectivity index (χ1n) is 6.54. The fourth-order valence-corrected chi connectivity index (χ4v) is 2.31. The summed E-state index contributed by atoms with van der Waals surface area (Å²) in [7, 11) is 0. The molecule has 0 radical (unpaired) electrons. The van der Waals surface area contributed by atoms with Gasteiger partial charge in [0.1, 0.15) is 18.4 Å². The number of aromatic amines is 1. The number of alkyl halides is 3. The van der Waals surface area contributed by atoms with Gasteiger partial charge >= 0.3 is 11.9 Å². The van der Waals surface area contributed by atoms with Crippen molar-refractivity contribution in [3.05, 3.63) is 32.6 Å². The zero-order valence-corrected chi connectivity index (χ0v) is 11.8. The number of nitrogens with two attached hydrogens (primary N) is 1. The van der Waals surface area contributed by atoms with Crippen molar-refractivity contribution in [2.45, 2.75) is 44.0 Å². The van der Waals surface area contributed by atoms with Gasteiger partial charge in [0, 0.05) is 18.2 Å². The molecule has 0 amide bonds. The SMILES string of the molecule is Cc1cn([C@H]2CC(O)[C@@H](C(N)C(=O)C(F)(F)F)O2)c(=O)[nH]c1=O. The molecule has 0 spiro atoms. The Kier molecular flexibility index (Phi) is 4.46. The van der Waals surface area contributed by atoms with Crippen LogP contribution in [-0.4, -0.2) is 44.9 Å². The Morgan fingerprint density at radius 1 is 1.52 bits per heavy atom. The molecule has 1 fully saturated rings. The van der Waals surface area contributed by atoms with Crippen molar-refractivity contribution in [1.82, 2.24) is 9.55 Å². The second-order valence-corrected chi connectivity index (χ2v) is 5.22. The molecule has 0 saturated carbocycles. The van der Waals surface area contributed by atoms with Crippen molar-refractivity contribution in [3.63, 3.8) is 0 Å². The van der Waals surface area contributed by atoms with Crippen LogP contribution < -0.4 is 17.0 Å². The molecule has 0 aromatic carbocycles. The molecule has 11 heteroatoms. The Balaban J connectivity index is 2.25. The number of aryl methyl sites for hydroxylation is 1. The van der Waals surface area contributed by atoms with Crippen molar-refractivity contribution in [3.8, 4) is 0 Å². The summed E-state index contributed by atoms with van der Waals surface area (Å²) in [4.78, 5) is 36.2. The first-order valence-corrected chi connectivity index (χ1v) is 6.54. The zero-order chi connectivity index (χ0) is 17.5. The quantitative estimate of drug-likeness (QED) is 0.646. The monoisotopic (exact) mass is 337 g/mol. The number of aliphatic hydroxyl groups excluding tert-OH is 1. The summed E-state index contributed by atoms with van der Waals surface area (Å²) in [6.45, 7) is 1.41. The van der Waals surface area contributed by atoms with Crippen LogP contribution in [0.1, 0.15) is 18.2 Å². The molecule has 1 aromatic heterocycles. The molecule has 1 aromatic rings. The Hall–Kier alpha value is -1.98. The number of H-pyrrole nitrogens is 1. The van der Waals surface area contributed by atoms with Gasteiger partial charge in [0.05, 0.1) is 6.10 Å². The second kappa shape index (κ2) is 5.91. The molecular weight excluding hydrogens is 323 g/mol. The van der Waals surface area contributed by atoms with Gasteiger partial charge < -0.3 is 15.6 Å². The van der Waals surface area contributed by atoms with Gasteiger partial charge in [0.15, 0.2) is 0 Å². The summed E-state index contributed by atoms with van der Waals surface area (Å²) in [5.74, 6) is -2.23. The van der Waals surface area contributed by atoms with Crippen LogP contribution >= 0.6 is 0 Å². The van der Waals surface area contributed by atoms with Gasteiger partial charge in [0.2, 0.25) is 0 Å². The number of ether oxygens (including phenoxy) is 1. The van der Waals surface area contributed by atoms with E-state index in [1.165, 1.54) is 6.92 Å². The molecular formula is C12H14F3N3O5. The van der Waals surface area contributed by atoms with E-state index in [-0.39, 0.29) is 12.0 Å². The zero-order valence-electron chi connectivity index (χ0n) is 11.8. The van der Waals surface area contributed by atoms with Crippen LogP contribution in [0.3, 0.4) is 0 Å². The number of carbonyl (C=O) groups is 1. The van der Waals surface area contributed by atoms with E-state index in [0.717, 1.165) is 10.8 Å². The maximum absolute atomic E-state index is 12.4. The number of Topliss-reactive ketones (excluding diaryl/α,β-unsaturated/α-hetero) is 1. The smallest absolute Gasteiger partial charge is 0.390 e. The molecule has 2 unspecified atom stereocenters. The molecule has 0 aliphatic carbocycles. The second-order valence-electron chi connectivity index (χ2n) is 5.22. The van der Waals surface area contributed by atoms with Crippen molar-refractivity contribution < 1.29 is 27.8 Å². The highest BCUT2D eigenvalue weighted by atomic mass is 19.4. The standard InChI is InChI=1S/C12H14F3N3O5/c1-4-3-18(11(22)17-10(4)21)6-2-5(19)8(23-6)7(16)9(20)12(13,14)15/h3,5-8,19H,2,16H2,1H3,(H,17,21,22)/t5?,6-,7?,8+/m1/s1. The molecule has 4 N–H and O–H groups in total. The number of ketones is 1. The number of carbonyl (C=O) groups excluding carboxylic acids is 1. The van der Waals surface area contributed by atoms with Crippen molar-refractivity contribution >= 4 is 5.78 Å². The fourth-order valence-electron chi connectivity index (χ4n) is 2.31. The molecule has 1 aliphatic rings. The van der Waals surface area contributed by atoms with Gasteiger partial charge in [-0.3, -0.25) is 19.1 Å². The minimum atomic E-state index is -5.16. The average Bonchev–Trinajstić information content (AvgIpc) is 2.82. The van der Waals surface area contributed by atoms with E-state index in [9.17, 15) is 32.7 Å². The lowest BCUT2D eigenvalue weighted by Crippen LogP contribution is -2.51. The lowest BCUT2D eigenvalue weighted by atomic mass is 10.0. The van der Waals surface area contributed by atoms with Crippen LogP contribution in [0.5, 0.6) is 0 Å². The third kappa shape index (κ3) is 3.35. The van der Waals surface area contributed by atoms with Gasteiger partial charge in [-0.2, -0.15) is 13.2 Å². The number of aliphatic hydroxyl groups is 1. The normalized spacial score (nSPS) is 26.3. The largest absolute Gasteiger partial charge is 0.451 e. The number of nitrogens with one attached hydrogen (secondary N) is 1. The maximum atomic E-state index is 12.4. The molecule has 2 heterocycles. The molecule has 128 valence electrons. The van der Waals surface area contributed by atoms with Gasteiger partial charge in [-0.05, 0) is 6.92 Å². The number of rotatable bonds is 3. The van der Waals surface area contributed by atoms with Crippen molar-refractivity contribution in [2.24, 2.45) is 5.73 Å². The minimum absolute atomic E-state index is 0.168. The molecule has 8 nitrogen and oxygen atoms in total.